The van der Waals surface area contributed by atoms with Crippen LogP contribution in [-0.4, -0.2) is 16.0 Å². The monoisotopic (exact) mass is 335 g/mol. The maximum atomic E-state index is 12.7. The minimum absolute atomic E-state index is 0.182. The number of nitrogens with zero attached hydrogens (tertiary/aromatic N) is 2. The molecule has 1 unspecified atom stereocenters. The Hall–Kier alpha value is -2.95. The fourth-order valence-electron chi connectivity index (χ4n) is 2.68. The lowest BCUT2D eigenvalue weighted by atomic mass is 9.95. The molecule has 3 rings (SSSR count). The molecule has 1 atom stereocenters. The molecule has 3 aromatic rings. The van der Waals surface area contributed by atoms with Gasteiger partial charge in [0.1, 0.15) is 5.76 Å². The number of benzene rings is 1. The van der Waals surface area contributed by atoms with Crippen LogP contribution in [0, 0.1) is 6.92 Å². The van der Waals surface area contributed by atoms with Crippen LogP contribution in [0.4, 0.5) is 0 Å². The summed E-state index contributed by atoms with van der Waals surface area (Å²) in [7, 11) is 0. The van der Waals surface area contributed by atoms with E-state index in [4.69, 9.17) is 4.52 Å². The second kappa shape index (κ2) is 7.30. The molecular weight excluding hydrogens is 314 g/mol. The van der Waals surface area contributed by atoms with Gasteiger partial charge < -0.3 is 9.84 Å². The molecule has 0 aliphatic carbocycles. The van der Waals surface area contributed by atoms with Gasteiger partial charge in [0, 0.05) is 24.4 Å². The smallest absolute Gasteiger partial charge is 0.274 e. The maximum absolute atomic E-state index is 12.7. The molecule has 1 N–H and O–H groups in total. The van der Waals surface area contributed by atoms with Gasteiger partial charge in [0.15, 0.2) is 5.69 Å². The van der Waals surface area contributed by atoms with Crippen LogP contribution in [0.1, 0.15) is 58.7 Å². The summed E-state index contributed by atoms with van der Waals surface area (Å²) in [6.07, 6.45) is 3.44. The van der Waals surface area contributed by atoms with Gasteiger partial charge in [-0.25, -0.2) is 0 Å². The minimum Gasteiger partial charge on any atom is -0.360 e. The van der Waals surface area contributed by atoms with Crippen LogP contribution >= 0.6 is 0 Å². The molecule has 2 aromatic heterocycles. The Morgan fingerprint density at radius 2 is 1.84 bits per heavy atom. The summed E-state index contributed by atoms with van der Waals surface area (Å²) in [5.74, 6) is 0.614. The number of rotatable bonds is 5. The topological polar surface area (TPSA) is 68.0 Å². The summed E-state index contributed by atoms with van der Waals surface area (Å²) in [4.78, 5) is 16.8. The highest BCUT2D eigenvalue weighted by Gasteiger charge is 2.22. The number of nitrogens with one attached hydrogen (secondary N) is 1. The van der Waals surface area contributed by atoms with E-state index in [1.165, 1.54) is 0 Å². The van der Waals surface area contributed by atoms with Crippen molar-refractivity contribution in [1.29, 1.82) is 0 Å². The number of amides is 1. The zero-order valence-corrected chi connectivity index (χ0v) is 14.6. The summed E-state index contributed by atoms with van der Waals surface area (Å²) in [6.45, 7) is 6.02. The largest absolute Gasteiger partial charge is 0.360 e. The zero-order chi connectivity index (χ0) is 17.8. The normalized spacial score (nSPS) is 12.2. The van der Waals surface area contributed by atoms with E-state index in [9.17, 15) is 4.79 Å². The van der Waals surface area contributed by atoms with E-state index in [0.29, 0.717) is 5.76 Å². The molecule has 0 aliphatic heterocycles. The maximum Gasteiger partial charge on any atom is 0.274 e. The lowest BCUT2D eigenvalue weighted by Crippen LogP contribution is -2.30. The molecule has 5 heteroatoms. The van der Waals surface area contributed by atoms with Crippen molar-refractivity contribution in [3.8, 4) is 0 Å². The molecule has 5 nitrogen and oxygen atoms in total. The quantitative estimate of drug-likeness (QED) is 0.764. The predicted octanol–water partition coefficient (Wildman–Crippen LogP) is 4.02. The molecule has 0 saturated heterocycles. The van der Waals surface area contributed by atoms with Gasteiger partial charge in [0.2, 0.25) is 0 Å². The number of aromatic nitrogens is 2. The van der Waals surface area contributed by atoms with Gasteiger partial charge in [-0.3, -0.25) is 9.78 Å². The van der Waals surface area contributed by atoms with Gasteiger partial charge in [-0.05, 0) is 35.7 Å². The molecule has 0 spiro atoms. The van der Waals surface area contributed by atoms with Crippen molar-refractivity contribution >= 4 is 5.91 Å². The van der Waals surface area contributed by atoms with Crippen molar-refractivity contribution in [1.82, 2.24) is 15.5 Å². The summed E-state index contributed by atoms with van der Waals surface area (Å²) in [5, 5.41) is 6.97. The molecule has 0 fully saturated rings. The summed E-state index contributed by atoms with van der Waals surface area (Å²) in [5.41, 5.74) is 3.39. The summed E-state index contributed by atoms with van der Waals surface area (Å²) >= 11 is 0. The van der Waals surface area contributed by atoms with Gasteiger partial charge in [-0.1, -0.05) is 43.3 Å². The Morgan fingerprint density at radius 3 is 2.48 bits per heavy atom. The van der Waals surface area contributed by atoms with E-state index < -0.39 is 0 Å². The van der Waals surface area contributed by atoms with Crippen molar-refractivity contribution in [2.24, 2.45) is 0 Å². The molecule has 0 radical (unpaired) electrons. The van der Waals surface area contributed by atoms with Gasteiger partial charge in [0.25, 0.3) is 5.91 Å². The van der Waals surface area contributed by atoms with Crippen molar-refractivity contribution in [2.75, 3.05) is 0 Å². The van der Waals surface area contributed by atoms with Crippen molar-refractivity contribution in [3.63, 3.8) is 0 Å². The number of pyridine rings is 1. The van der Waals surface area contributed by atoms with Gasteiger partial charge in [-0.15, -0.1) is 0 Å². The predicted molar refractivity (Wildman–Crippen MR) is 95.3 cm³/mol. The highest BCUT2D eigenvalue weighted by Crippen LogP contribution is 2.25. The third-order valence-electron chi connectivity index (χ3n) is 4.14. The first-order chi connectivity index (χ1) is 12.1. The first kappa shape index (κ1) is 16.9. The molecular formula is C20H21N3O2. The Balaban J connectivity index is 1.92. The standard InChI is InChI=1S/C20H21N3O2/c1-13(2)18-12-17(23-25-18)20(24)22-19(15-8-10-21-11-9-15)16-7-5-4-6-14(16)3/h4-13,19H,1-3H3,(H,22,24). The van der Waals surface area contributed by atoms with Crippen LogP contribution in [0.25, 0.3) is 0 Å². The Bertz CT molecular complexity index is 856. The molecule has 0 bridgehead atoms. The number of hydrogen-bond acceptors (Lipinski definition) is 4. The van der Waals surface area contributed by atoms with Gasteiger partial charge in [0.05, 0.1) is 6.04 Å². The Morgan fingerprint density at radius 1 is 1.12 bits per heavy atom. The van der Waals surface area contributed by atoms with E-state index >= 15 is 0 Å². The Kier molecular flexibility index (Phi) is 4.93. The first-order valence-corrected chi connectivity index (χ1v) is 8.29. The summed E-state index contributed by atoms with van der Waals surface area (Å²) in [6, 6.07) is 13.2. The van der Waals surface area contributed by atoms with E-state index in [2.05, 4.69) is 15.5 Å². The van der Waals surface area contributed by atoms with Gasteiger partial charge >= 0.3 is 0 Å². The van der Waals surface area contributed by atoms with Crippen LogP contribution in [0.2, 0.25) is 0 Å². The summed E-state index contributed by atoms with van der Waals surface area (Å²) < 4.78 is 5.24. The van der Waals surface area contributed by atoms with Crippen LogP contribution in [0.5, 0.6) is 0 Å². The van der Waals surface area contributed by atoms with Crippen molar-refractivity contribution < 1.29 is 9.32 Å². The Labute approximate surface area is 147 Å². The average Bonchev–Trinajstić information content (AvgIpc) is 3.12. The molecule has 2 heterocycles. The lowest BCUT2D eigenvalue weighted by molar-refractivity contribution is 0.0933. The molecule has 1 aromatic carbocycles. The van der Waals surface area contributed by atoms with Crippen LogP contribution < -0.4 is 5.32 Å². The number of carbonyl (C=O) groups excluding carboxylic acids is 1. The average molecular weight is 335 g/mol. The first-order valence-electron chi connectivity index (χ1n) is 8.29. The number of hydrogen-bond donors (Lipinski definition) is 1. The zero-order valence-electron chi connectivity index (χ0n) is 14.6. The van der Waals surface area contributed by atoms with E-state index in [0.717, 1.165) is 16.7 Å². The van der Waals surface area contributed by atoms with Crippen molar-refractivity contribution in [3.05, 3.63) is 83.0 Å². The van der Waals surface area contributed by atoms with E-state index in [-0.39, 0.29) is 23.6 Å². The van der Waals surface area contributed by atoms with Crippen molar-refractivity contribution in [2.45, 2.75) is 32.7 Å². The second-order valence-corrected chi connectivity index (χ2v) is 6.31. The third-order valence-corrected chi connectivity index (χ3v) is 4.14. The molecule has 1 amide bonds. The SMILES string of the molecule is Cc1ccccc1C(NC(=O)c1cc(C(C)C)on1)c1ccncc1. The fourth-order valence-corrected chi connectivity index (χ4v) is 2.68. The molecule has 128 valence electrons. The highest BCUT2D eigenvalue weighted by molar-refractivity contribution is 5.92. The number of aryl methyl sites for hydroxylation is 1. The third kappa shape index (κ3) is 3.76. The molecule has 0 saturated carbocycles. The fraction of sp³-hybridized carbons (Fsp3) is 0.250. The second-order valence-electron chi connectivity index (χ2n) is 6.31. The van der Waals surface area contributed by atoms with E-state index in [1.54, 1.807) is 18.5 Å². The van der Waals surface area contributed by atoms with Gasteiger partial charge in [-0.2, -0.15) is 0 Å². The van der Waals surface area contributed by atoms with Crippen LogP contribution in [0.3, 0.4) is 0 Å². The number of carbonyl (C=O) groups is 1. The van der Waals surface area contributed by atoms with E-state index in [1.807, 2.05) is 57.2 Å². The van der Waals surface area contributed by atoms with Crippen LogP contribution in [-0.2, 0) is 0 Å². The lowest BCUT2D eigenvalue weighted by Gasteiger charge is -2.21. The highest BCUT2D eigenvalue weighted by atomic mass is 16.5. The molecule has 0 aliphatic rings. The minimum atomic E-state index is -0.282. The molecule has 25 heavy (non-hydrogen) atoms. The van der Waals surface area contributed by atoms with Crippen LogP contribution in [0.15, 0.2) is 59.4 Å².